The largest absolute Gasteiger partial charge is 0.425 e. The van der Waals surface area contributed by atoms with Crippen LogP contribution < -0.4 is 0 Å². The van der Waals surface area contributed by atoms with Gasteiger partial charge in [-0.3, -0.25) is 0 Å². The topological polar surface area (TPSA) is 43.4 Å². The average molecular weight is 272 g/mol. The van der Waals surface area contributed by atoms with Crippen molar-refractivity contribution in [2.45, 2.75) is 18.5 Å². The normalized spacial score (nSPS) is 14.2. The van der Waals surface area contributed by atoms with Crippen molar-refractivity contribution < 1.29 is 38.9 Å². The maximum absolute atomic E-state index is 11.9. The van der Waals surface area contributed by atoms with Gasteiger partial charge in [0, 0.05) is 0 Å². The first kappa shape index (κ1) is 15.2. The first-order valence-electron chi connectivity index (χ1n) is 3.55. The van der Waals surface area contributed by atoms with Gasteiger partial charge in [0.05, 0.1) is 5.75 Å². The average Bonchev–Trinajstić information content (AvgIpc) is 1.96. The molecule has 0 aromatic heterocycles. The molecule has 0 N–H and O–H groups in total. The van der Waals surface area contributed by atoms with Crippen LogP contribution in [0.15, 0.2) is 12.7 Å². The van der Waals surface area contributed by atoms with Crippen molar-refractivity contribution in [1.29, 1.82) is 0 Å². The first-order chi connectivity index (χ1) is 6.90. The molecular formula is C6H6F6O3S. The molecule has 0 aliphatic carbocycles. The fourth-order valence-electron chi connectivity index (χ4n) is 0.625. The smallest absolute Gasteiger partial charge is 0.247 e. The SMILES string of the molecule is C=CCS(=O)(=O)OC(C(F)(F)F)C(F)(F)F. The zero-order chi connectivity index (χ0) is 13.2. The van der Waals surface area contributed by atoms with Crippen LogP contribution in [0.5, 0.6) is 0 Å². The minimum Gasteiger partial charge on any atom is -0.247 e. The van der Waals surface area contributed by atoms with E-state index in [9.17, 15) is 34.8 Å². The van der Waals surface area contributed by atoms with Gasteiger partial charge < -0.3 is 0 Å². The van der Waals surface area contributed by atoms with Gasteiger partial charge in [0.1, 0.15) is 0 Å². The number of hydrogen-bond donors (Lipinski definition) is 0. The van der Waals surface area contributed by atoms with Crippen LogP contribution in [0.4, 0.5) is 26.3 Å². The van der Waals surface area contributed by atoms with Crippen molar-refractivity contribution in [3.05, 3.63) is 12.7 Å². The summed E-state index contributed by atoms with van der Waals surface area (Å²) < 4.78 is 95.4. The Morgan fingerprint density at radius 3 is 1.75 bits per heavy atom. The van der Waals surface area contributed by atoms with Gasteiger partial charge in [-0.15, -0.1) is 6.58 Å². The lowest BCUT2D eigenvalue weighted by molar-refractivity contribution is -0.299. The summed E-state index contributed by atoms with van der Waals surface area (Å²) in [7, 11) is -4.96. The minimum absolute atomic E-state index is 0.610. The van der Waals surface area contributed by atoms with Crippen LogP contribution in [0.2, 0.25) is 0 Å². The molecule has 3 nitrogen and oxygen atoms in total. The van der Waals surface area contributed by atoms with Crippen molar-refractivity contribution in [3.8, 4) is 0 Å². The molecule has 0 aromatic rings. The van der Waals surface area contributed by atoms with E-state index in [4.69, 9.17) is 0 Å². The van der Waals surface area contributed by atoms with E-state index in [0.717, 1.165) is 0 Å². The number of halogens is 6. The molecule has 0 radical (unpaired) electrons. The Morgan fingerprint density at radius 1 is 1.12 bits per heavy atom. The second-order valence-corrected chi connectivity index (χ2v) is 4.21. The molecule has 16 heavy (non-hydrogen) atoms. The predicted molar refractivity (Wildman–Crippen MR) is 41.0 cm³/mol. The van der Waals surface area contributed by atoms with Crippen LogP contribution in [0.3, 0.4) is 0 Å². The van der Waals surface area contributed by atoms with Crippen molar-refractivity contribution in [1.82, 2.24) is 0 Å². The summed E-state index contributed by atoms with van der Waals surface area (Å²) >= 11 is 0. The van der Waals surface area contributed by atoms with E-state index in [-0.39, 0.29) is 0 Å². The molecule has 10 heteroatoms. The van der Waals surface area contributed by atoms with Gasteiger partial charge in [0.15, 0.2) is 0 Å². The molecule has 0 spiro atoms. The van der Waals surface area contributed by atoms with Crippen LogP contribution in [-0.4, -0.2) is 32.6 Å². The molecule has 0 heterocycles. The van der Waals surface area contributed by atoms with Gasteiger partial charge in [-0.05, 0) is 0 Å². The van der Waals surface area contributed by atoms with Gasteiger partial charge in [-0.1, -0.05) is 6.08 Å². The van der Waals surface area contributed by atoms with E-state index in [1.807, 2.05) is 0 Å². The molecule has 0 aromatic carbocycles. The maximum Gasteiger partial charge on any atom is 0.425 e. The molecule has 0 saturated carbocycles. The first-order valence-corrected chi connectivity index (χ1v) is 5.13. The summed E-state index contributed by atoms with van der Waals surface area (Å²) in [6.07, 6.45) is -15.5. The Bertz CT molecular complexity index is 326. The zero-order valence-electron chi connectivity index (χ0n) is 7.47. The highest BCUT2D eigenvalue weighted by Crippen LogP contribution is 2.36. The Labute approximate surface area is 86.8 Å². The maximum atomic E-state index is 11.9. The Kier molecular flexibility index (Phi) is 4.39. The summed E-state index contributed by atoms with van der Waals surface area (Å²) in [5, 5.41) is 0. The lowest BCUT2D eigenvalue weighted by atomic mass is 10.3. The van der Waals surface area contributed by atoms with Crippen molar-refractivity contribution in [2.75, 3.05) is 5.75 Å². The molecule has 0 atom stereocenters. The van der Waals surface area contributed by atoms with Crippen LogP contribution >= 0.6 is 0 Å². The molecule has 0 amide bonds. The lowest BCUT2D eigenvalue weighted by Crippen LogP contribution is -2.45. The van der Waals surface area contributed by atoms with Crippen molar-refractivity contribution >= 4 is 10.1 Å². The highest BCUT2D eigenvalue weighted by Gasteiger charge is 2.60. The molecule has 96 valence electrons. The standard InChI is InChI=1S/C6H6F6O3S/c1-2-3-16(13,14)15-4(5(7,8)9)6(10,11)12/h2,4H,1,3H2. The summed E-state index contributed by atoms with van der Waals surface area (Å²) in [4.78, 5) is 0. The third-order valence-electron chi connectivity index (χ3n) is 1.16. The molecule has 0 saturated heterocycles. The fraction of sp³-hybridized carbons (Fsp3) is 0.667. The van der Waals surface area contributed by atoms with Gasteiger partial charge in [0.2, 0.25) is 0 Å². The second-order valence-electron chi connectivity index (χ2n) is 2.57. The molecule has 0 bridgehead atoms. The van der Waals surface area contributed by atoms with Gasteiger partial charge in [0.25, 0.3) is 16.2 Å². The quantitative estimate of drug-likeness (QED) is 0.446. The van der Waals surface area contributed by atoms with E-state index >= 15 is 0 Å². The third-order valence-corrected chi connectivity index (χ3v) is 2.29. The summed E-state index contributed by atoms with van der Waals surface area (Å²) in [6, 6.07) is 0. The van der Waals surface area contributed by atoms with E-state index < -0.39 is 34.3 Å². The monoisotopic (exact) mass is 272 g/mol. The molecular weight excluding hydrogens is 266 g/mol. The molecule has 0 aliphatic rings. The highest BCUT2D eigenvalue weighted by molar-refractivity contribution is 7.86. The lowest BCUT2D eigenvalue weighted by Gasteiger charge is -2.22. The number of rotatable bonds is 4. The molecule has 0 unspecified atom stereocenters. The van der Waals surface area contributed by atoms with Crippen LogP contribution in [0.1, 0.15) is 0 Å². The van der Waals surface area contributed by atoms with Crippen LogP contribution in [0, 0.1) is 0 Å². The summed E-state index contributed by atoms with van der Waals surface area (Å²) in [5.41, 5.74) is 0. The summed E-state index contributed by atoms with van der Waals surface area (Å²) in [6.45, 7) is 2.86. The number of alkyl halides is 6. The van der Waals surface area contributed by atoms with E-state index in [0.29, 0.717) is 6.08 Å². The third kappa shape index (κ3) is 4.84. The Morgan fingerprint density at radius 2 is 1.50 bits per heavy atom. The fourth-order valence-corrected chi connectivity index (χ4v) is 1.50. The van der Waals surface area contributed by atoms with E-state index in [1.54, 1.807) is 0 Å². The van der Waals surface area contributed by atoms with Crippen molar-refractivity contribution in [3.63, 3.8) is 0 Å². The van der Waals surface area contributed by atoms with Crippen molar-refractivity contribution in [2.24, 2.45) is 0 Å². The molecule has 0 fully saturated rings. The predicted octanol–water partition coefficient (Wildman–Crippen LogP) is 2.01. The van der Waals surface area contributed by atoms with E-state index in [1.165, 1.54) is 0 Å². The van der Waals surface area contributed by atoms with Crippen LogP contribution in [-0.2, 0) is 14.3 Å². The summed E-state index contributed by atoms with van der Waals surface area (Å²) in [5.74, 6) is -1.14. The minimum atomic E-state index is -5.85. The molecule has 0 rings (SSSR count). The Balaban J connectivity index is 5.06. The highest BCUT2D eigenvalue weighted by atomic mass is 32.2. The second kappa shape index (κ2) is 4.62. The van der Waals surface area contributed by atoms with Gasteiger partial charge >= 0.3 is 12.4 Å². The van der Waals surface area contributed by atoms with Gasteiger partial charge in [-0.25, -0.2) is 4.18 Å². The zero-order valence-corrected chi connectivity index (χ0v) is 8.29. The van der Waals surface area contributed by atoms with Gasteiger partial charge in [-0.2, -0.15) is 34.8 Å². The Hall–Kier alpha value is -0.770. The number of hydrogen-bond acceptors (Lipinski definition) is 3. The van der Waals surface area contributed by atoms with E-state index in [2.05, 4.69) is 10.8 Å². The molecule has 0 aliphatic heterocycles. The van der Waals surface area contributed by atoms with Crippen LogP contribution in [0.25, 0.3) is 0 Å².